The number of guanidine groups is 1. The summed E-state index contributed by atoms with van der Waals surface area (Å²) in [4.78, 5) is 6.46. The molecule has 1 N–H and O–H groups in total. The Kier molecular flexibility index (Phi) is 6.39. The summed E-state index contributed by atoms with van der Waals surface area (Å²) in [7, 11) is 3.89. The molecule has 0 amide bonds. The largest absolute Gasteiger partial charge is 0.361 e. The summed E-state index contributed by atoms with van der Waals surface area (Å²) < 4.78 is 5.16. The van der Waals surface area contributed by atoms with Crippen molar-refractivity contribution in [2.45, 2.75) is 40.0 Å². The molecule has 1 heterocycles. The van der Waals surface area contributed by atoms with Crippen molar-refractivity contribution in [3.05, 3.63) is 17.0 Å². The van der Waals surface area contributed by atoms with E-state index in [1.165, 1.54) is 18.4 Å². The monoisotopic (exact) mass is 266 g/mol. The van der Waals surface area contributed by atoms with E-state index in [1.807, 2.05) is 20.9 Å². The Hall–Kier alpha value is -1.52. The van der Waals surface area contributed by atoms with Crippen LogP contribution in [-0.2, 0) is 6.42 Å². The molecule has 0 unspecified atom stereocenters. The van der Waals surface area contributed by atoms with Gasteiger partial charge in [-0.2, -0.15) is 0 Å². The van der Waals surface area contributed by atoms with Crippen LogP contribution in [0.25, 0.3) is 0 Å². The molecule has 0 fully saturated rings. The second-order valence-electron chi connectivity index (χ2n) is 4.80. The molecule has 0 atom stereocenters. The number of nitrogens with one attached hydrogen (secondary N) is 1. The van der Waals surface area contributed by atoms with Crippen LogP contribution in [-0.4, -0.2) is 43.2 Å². The van der Waals surface area contributed by atoms with E-state index in [0.717, 1.165) is 36.9 Å². The molecule has 0 aliphatic carbocycles. The lowest BCUT2D eigenvalue weighted by molar-refractivity contribution is 0.392. The van der Waals surface area contributed by atoms with Crippen LogP contribution in [0, 0.1) is 13.8 Å². The number of hydrogen-bond donors (Lipinski definition) is 1. The first-order chi connectivity index (χ1) is 9.10. The van der Waals surface area contributed by atoms with E-state index in [-0.39, 0.29) is 0 Å². The highest BCUT2D eigenvalue weighted by Gasteiger charge is 2.09. The maximum Gasteiger partial charge on any atom is 0.193 e. The van der Waals surface area contributed by atoms with Crippen molar-refractivity contribution < 1.29 is 4.52 Å². The van der Waals surface area contributed by atoms with Crippen molar-refractivity contribution in [1.82, 2.24) is 15.4 Å². The molecule has 108 valence electrons. The number of hydrogen-bond acceptors (Lipinski definition) is 3. The number of rotatable bonds is 6. The molecule has 1 aromatic rings. The Morgan fingerprint density at radius 2 is 2.16 bits per heavy atom. The van der Waals surface area contributed by atoms with Gasteiger partial charge >= 0.3 is 0 Å². The molecule has 0 radical (unpaired) electrons. The van der Waals surface area contributed by atoms with E-state index < -0.39 is 0 Å². The Morgan fingerprint density at radius 3 is 2.68 bits per heavy atom. The van der Waals surface area contributed by atoms with Gasteiger partial charge < -0.3 is 14.7 Å². The van der Waals surface area contributed by atoms with E-state index in [2.05, 4.69) is 34.3 Å². The fraction of sp³-hybridized carbons (Fsp3) is 0.714. The Balaban J connectivity index is 2.42. The molecule has 0 bridgehead atoms. The van der Waals surface area contributed by atoms with Crippen LogP contribution in [0.3, 0.4) is 0 Å². The minimum absolute atomic E-state index is 0.839. The van der Waals surface area contributed by atoms with E-state index >= 15 is 0 Å². The maximum atomic E-state index is 5.16. The molecule has 1 aromatic heterocycles. The SMILES string of the molecule is CCCCN(C)C(=NC)NCCc1c(C)noc1C. The minimum atomic E-state index is 0.839. The molecule has 0 aromatic carbocycles. The summed E-state index contributed by atoms with van der Waals surface area (Å²) in [5.41, 5.74) is 2.17. The van der Waals surface area contributed by atoms with Gasteiger partial charge in [0.25, 0.3) is 0 Å². The van der Waals surface area contributed by atoms with Gasteiger partial charge in [-0.25, -0.2) is 0 Å². The lowest BCUT2D eigenvalue weighted by atomic mass is 10.1. The van der Waals surface area contributed by atoms with E-state index in [1.54, 1.807) is 0 Å². The van der Waals surface area contributed by atoms with Crippen LogP contribution >= 0.6 is 0 Å². The van der Waals surface area contributed by atoms with E-state index in [0.29, 0.717) is 0 Å². The van der Waals surface area contributed by atoms with E-state index in [9.17, 15) is 0 Å². The normalized spacial score (nSPS) is 11.7. The summed E-state index contributed by atoms with van der Waals surface area (Å²) in [6, 6.07) is 0. The lowest BCUT2D eigenvalue weighted by Crippen LogP contribution is -2.40. The van der Waals surface area contributed by atoms with Crippen molar-refractivity contribution in [2.24, 2.45) is 4.99 Å². The molecule has 0 saturated heterocycles. The molecule has 0 aliphatic rings. The van der Waals surface area contributed by atoms with Gasteiger partial charge in [0.15, 0.2) is 5.96 Å². The zero-order valence-corrected chi connectivity index (χ0v) is 12.8. The first kappa shape index (κ1) is 15.5. The Labute approximate surface area is 116 Å². The molecule has 5 nitrogen and oxygen atoms in total. The molecular weight excluding hydrogens is 240 g/mol. The topological polar surface area (TPSA) is 53.7 Å². The fourth-order valence-electron chi connectivity index (χ4n) is 2.04. The summed E-state index contributed by atoms with van der Waals surface area (Å²) >= 11 is 0. The van der Waals surface area contributed by atoms with Crippen LogP contribution in [0.4, 0.5) is 0 Å². The average Bonchev–Trinajstić information content (AvgIpc) is 2.72. The van der Waals surface area contributed by atoms with Crippen LogP contribution in [0.2, 0.25) is 0 Å². The van der Waals surface area contributed by atoms with Crippen LogP contribution in [0.1, 0.15) is 36.8 Å². The minimum Gasteiger partial charge on any atom is -0.361 e. The number of unbranched alkanes of at least 4 members (excludes halogenated alkanes) is 1. The first-order valence-corrected chi connectivity index (χ1v) is 6.93. The predicted octanol–water partition coefficient (Wildman–Crippen LogP) is 2.14. The molecule has 0 aliphatic heterocycles. The van der Waals surface area contributed by atoms with Gasteiger partial charge in [0.05, 0.1) is 5.69 Å². The third kappa shape index (κ3) is 4.58. The van der Waals surface area contributed by atoms with Crippen LogP contribution < -0.4 is 5.32 Å². The molecule has 19 heavy (non-hydrogen) atoms. The van der Waals surface area contributed by atoms with Gasteiger partial charge in [0.1, 0.15) is 5.76 Å². The third-order valence-electron chi connectivity index (χ3n) is 3.26. The second-order valence-corrected chi connectivity index (χ2v) is 4.80. The Morgan fingerprint density at radius 1 is 1.42 bits per heavy atom. The van der Waals surface area contributed by atoms with E-state index in [4.69, 9.17) is 4.52 Å². The number of aryl methyl sites for hydroxylation is 2. The van der Waals surface area contributed by atoms with Gasteiger partial charge in [-0.15, -0.1) is 0 Å². The molecular formula is C14H26N4O. The van der Waals surface area contributed by atoms with Gasteiger partial charge in [-0.05, 0) is 26.7 Å². The third-order valence-corrected chi connectivity index (χ3v) is 3.26. The zero-order valence-electron chi connectivity index (χ0n) is 12.8. The van der Waals surface area contributed by atoms with Crippen molar-refractivity contribution in [3.63, 3.8) is 0 Å². The highest BCUT2D eigenvalue weighted by molar-refractivity contribution is 5.79. The van der Waals surface area contributed by atoms with Crippen LogP contribution in [0.5, 0.6) is 0 Å². The van der Waals surface area contributed by atoms with Gasteiger partial charge in [0, 0.05) is 32.7 Å². The zero-order chi connectivity index (χ0) is 14.3. The quantitative estimate of drug-likeness (QED) is 0.633. The van der Waals surface area contributed by atoms with Crippen molar-refractivity contribution >= 4 is 5.96 Å². The maximum absolute atomic E-state index is 5.16. The van der Waals surface area contributed by atoms with Crippen molar-refractivity contribution in [1.29, 1.82) is 0 Å². The standard InChI is InChI=1S/C14H26N4O/c1-6-7-10-18(5)14(15-4)16-9-8-13-11(2)17-19-12(13)3/h6-10H2,1-5H3,(H,15,16). The molecule has 0 spiro atoms. The highest BCUT2D eigenvalue weighted by atomic mass is 16.5. The number of aromatic nitrogens is 1. The van der Waals surface area contributed by atoms with Gasteiger partial charge in [0.2, 0.25) is 0 Å². The van der Waals surface area contributed by atoms with Crippen LogP contribution in [0.15, 0.2) is 9.52 Å². The smallest absolute Gasteiger partial charge is 0.193 e. The Bertz CT molecular complexity index is 392. The second kappa shape index (κ2) is 7.81. The van der Waals surface area contributed by atoms with Gasteiger partial charge in [-0.3, -0.25) is 4.99 Å². The number of aliphatic imine (C=N–C) groups is 1. The van der Waals surface area contributed by atoms with Crippen molar-refractivity contribution in [2.75, 3.05) is 27.2 Å². The van der Waals surface area contributed by atoms with Gasteiger partial charge in [-0.1, -0.05) is 18.5 Å². The molecule has 0 saturated carbocycles. The predicted molar refractivity (Wildman–Crippen MR) is 78.6 cm³/mol. The number of nitrogens with zero attached hydrogens (tertiary/aromatic N) is 3. The summed E-state index contributed by atoms with van der Waals surface area (Å²) in [6.45, 7) is 8.00. The highest BCUT2D eigenvalue weighted by Crippen LogP contribution is 2.12. The summed E-state index contributed by atoms with van der Waals surface area (Å²) in [5.74, 6) is 1.86. The first-order valence-electron chi connectivity index (χ1n) is 6.93. The fourth-order valence-corrected chi connectivity index (χ4v) is 2.04. The summed E-state index contributed by atoms with van der Waals surface area (Å²) in [5, 5.41) is 7.34. The molecule has 1 rings (SSSR count). The molecule has 5 heteroatoms. The van der Waals surface area contributed by atoms with Crippen molar-refractivity contribution in [3.8, 4) is 0 Å². The summed E-state index contributed by atoms with van der Waals surface area (Å²) in [6.07, 6.45) is 3.28. The lowest BCUT2D eigenvalue weighted by Gasteiger charge is -2.21. The average molecular weight is 266 g/mol.